The molecule has 0 radical (unpaired) electrons. The molecule has 3 rings (SSSR count). The zero-order chi connectivity index (χ0) is 12.4. The Balaban J connectivity index is 1.80. The van der Waals surface area contributed by atoms with Crippen molar-refractivity contribution >= 4 is 17.1 Å². The van der Waals surface area contributed by atoms with Crippen molar-refractivity contribution in [2.75, 3.05) is 24.6 Å². The van der Waals surface area contributed by atoms with Gasteiger partial charge in [0.15, 0.2) is 5.58 Å². The zero-order valence-electron chi connectivity index (χ0n) is 10.4. The van der Waals surface area contributed by atoms with Crippen molar-refractivity contribution in [2.45, 2.75) is 19.3 Å². The molecule has 0 saturated carbocycles. The van der Waals surface area contributed by atoms with Crippen LogP contribution in [0.2, 0.25) is 0 Å². The lowest BCUT2D eigenvalue weighted by Crippen LogP contribution is -2.35. The van der Waals surface area contributed by atoms with Gasteiger partial charge < -0.3 is 14.4 Å². The van der Waals surface area contributed by atoms with Crippen LogP contribution in [0.25, 0.3) is 11.1 Å². The van der Waals surface area contributed by atoms with Gasteiger partial charge >= 0.3 is 0 Å². The summed E-state index contributed by atoms with van der Waals surface area (Å²) in [6.45, 7) is 2.20. The first-order valence-corrected chi connectivity index (χ1v) is 6.58. The number of hydrogen-bond donors (Lipinski definition) is 1. The van der Waals surface area contributed by atoms with E-state index in [9.17, 15) is 0 Å². The second kappa shape index (κ2) is 4.98. The molecule has 2 heterocycles. The van der Waals surface area contributed by atoms with Crippen molar-refractivity contribution < 1.29 is 9.52 Å². The fraction of sp³-hybridized carbons (Fsp3) is 0.500. The van der Waals surface area contributed by atoms with Crippen molar-refractivity contribution in [3.8, 4) is 0 Å². The molecule has 4 heteroatoms. The standard InChI is InChI=1S/C14H18N2O2/c17-9-7-11-4-3-8-16(10-11)14-15-12-5-1-2-6-13(12)18-14/h1-2,5-6,11,17H,3-4,7-10H2. The van der Waals surface area contributed by atoms with E-state index in [0.29, 0.717) is 5.92 Å². The number of oxazole rings is 1. The first-order chi connectivity index (χ1) is 8.86. The molecule has 1 fully saturated rings. The number of anilines is 1. The summed E-state index contributed by atoms with van der Waals surface area (Å²) in [6.07, 6.45) is 3.21. The fourth-order valence-electron chi connectivity index (χ4n) is 2.65. The average molecular weight is 246 g/mol. The summed E-state index contributed by atoms with van der Waals surface area (Å²) in [6, 6.07) is 8.57. The third kappa shape index (κ3) is 2.20. The summed E-state index contributed by atoms with van der Waals surface area (Å²) < 4.78 is 5.79. The molecular formula is C14H18N2O2. The van der Waals surface area contributed by atoms with Crippen LogP contribution in [0.5, 0.6) is 0 Å². The van der Waals surface area contributed by atoms with Crippen LogP contribution < -0.4 is 4.90 Å². The van der Waals surface area contributed by atoms with Crippen molar-refractivity contribution in [1.29, 1.82) is 0 Å². The van der Waals surface area contributed by atoms with Gasteiger partial charge in [-0.15, -0.1) is 0 Å². The summed E-state index contributed by atoms with van der Waals surface area (Å²) in [4.78, 5) is 6.73. The van der Waals surface area contributed by atoms with Crippen LogP contribution in [0.1, 0.15) is 19.3 Å². The van der Waals surface area contributed by atoms with E-state index in [1.54, 1.807) is 0 Å². The van der Waals surface area contributed by atoms with Crippen LogP contribution in [0.3, 0.4) is 0 Å². The van der Waals surface area contributed by atoms with E-state index in [4.69, 9.17) is 9.52 Å². The van der Waals surface area contributed by atoms with E-state index in [-0.39, 0.29) is 6.61 Å². The van der Waals surface area contributed by atoms with Gasteiger partial charge in [-0.25, -0.2) is 0 Å². The molecule has 1 N–H and O–H groups in total. The SMILES string of the molecule is OCCC1CCCN(c2nc3ccccc3o2)C1. The Labute approximate surface area is 106 Å². The monoisotopic (exact) mass is 246 g/mol. The van der Waals surface area contributed by atoms with Crippen molar-refractivity contribution in [3.63, 3.8) is 0 Å². The van der Waals surface area contributed by atoms with E-state index in [2.05, 4.69) is 9.88 Å². The van der Waals surface area contributed by atoms with Gasteiger partial charge in [-0.05, 0) is 37.3 Å². The predicted octanol–water partition coefficient (Wildman–Crippen LogP) is 2.43. The Hall–Kier alpha value is -1.55. The third-order valence-corrected chi connectivity index (χ3v) is 3.61. The molecule has 18 heavy (non-hydrogen) atoms. The van der Waals surface area contributed by atoms with Gasteiger partial charge in [-0.1, -0.05) is 12.1 Å². The van der Waals surface area contributed by atoms with Gasteiger partial charge in [0, 0.05) is 19.7 Å². The second-order valence-electron chi connectivity index (χ2n) is 4.93. The maximum Gasteiger partial charge on any atom is 0.298 e. The average Bonchev–Trinajstić information content (AvgIpc) is 2.83. The number of rotatable bonds is 3. The maximum atomic E-state index is 9.03. The molecule has 1 aliphatic rings. The second-order valence-corrected chi connectivity index (χ2v) is 4.93. The highest BCUT2D eigenvalue weighted by atomic mass is 16.4. The molecule has 4 nitrogen and oxygen atoms in total. The van der Waals surface area contributed by atoms with Crippen LogP contribution in [0.4, 0.5) is 6.01 Å². The van der Waals surface area contributed by atoms with Gasteiger partial charge in [0.2, 0.25) is 0 Å². The molecule has 0 spiro atoms. The van der Waals surface area contributed by atoms with Crippen LogP contribution in [-0.2, 0) is 0 Å². The predicted molar refractivity (Wildman–Crippen MR) is 70.6 cm³/mol. The Morgan fingerprint density at radius 2 is 2.28 bits per heavy atom. The van der Waals surface area contributed by atoms with Gasteiger partial charge in [-0.3, -0.25) is 0 Å². The minimum absolute atomic E-state index is 0.270. The summed E-state index contributed by atoms with van der Waals surface area (Å²) in [5.74, 6) is 0.554. The summed E-state index contributed by atoms with van der Waals surface area (Å²) in [7, 11) is 0. The minimum atomic E-state index is 0.270. The Kier molecular flexibility index (Phi) is 3.19. The van der Waals surface area contributed by atoms with Crippen molar-refractivity contribution in [2.24, 2.45) is 5.92 Å². The van der Waals surface area contributed by atoms with Crippen LogP contribution >= 0.6 is 0 Å². The highest BCUT2D eigenvalue weighted by molar-refractivity contribution is 5.74. The van der Waals surface area contributed by atoms with Gasteiger partial charge in [0.25, 0.3) is 6.01 Å². The molecule has 1 unspecified atom stereocenters. The number of nitrogens with zero attached hydrogens (tertiary/aromatic N) is 2. The van der Waals surface area contributed by atoms with Crippen LogP contribution in [-0.4, -0.2) is 29.8 Å². The number of para-hydroxylation sites is 2. The number of benzene rings is 1. The number of hydrogen-bond acceptors (Lipinski definition) is 4. The molecule has 1 saturated heterocycles. The van der Waals surface area contributed by atoms with E-state index in [1.807, 2.05) is 24.3 Å². The molecule has 1 aromatic carbocycles. The first kappa shape index (κ1) is 11.5. The lowest BCUT2D eigenvalue weighted by molar-refractivity contribution is 0.242. The normalized spacial score (nSPS) is 20.5. The smallest absolute Gasteiger partial charge is 0.298 e. The number of fused-ring (bicyclic) bond motifs is 1. The Bertz CT molecular complexity index is 488. The Morgan fingerprint density at radius 1 is 1.39 bits per heavy atom. The molecule has 1 aromatic heterocycles. The summed E-state index contributed by atoms with van der Waals surface area (Å²) in [5.41, 5.74) is 1.76. The highest BCUT2D eigenvalue weighted by Crippen LogP contribution is 2.27. The lowest BCUT2D eigenvalue weighted by Gasteiger charge is -2.31. The van der Waals surface area contributed by atoms with Crippen molar-refractivity contribution in [3.05, 3.63) is 24.3 Å². The van der Waals surface area contributed by atoms with Gasteiger partial charge in [-0.2, -0.15) is 4.98 Å². The van der Waals surface area contributed by atoms with E-state index in [0.717, 1.165) is 43.0 Å². The van der Waals surface area contributed by atoms with E-state index < -0.39 is 0 Å². The van der Waals surface area contributed by atoms with Gasteiger partial charge in [0.05, 0.1) is 0 Å². The first-order valence-electron chi connectivity index (χ1n) is 6.58. The fourth-order valence-corrected chi connectivity index (χ4v) is 2.65. The van der Waals surface area contributed by atoms with E-state index >= 15 is 0 Å². The molecule has 2 aromatic rings. The van der Waals surface area contributed by atoms with Crippen molar-refractivity contribution in [1.82, 2.24) is 4.98 Å². The molecule has 1 atom stereocenters. The highest BCUT2D eigenvalue weighted by Gasteiger charge is 2.22. The van der Waals surface area contributed by atoms with Crippen LogP contribution in [0, 0.1) is 5.92 Å². The molecular weight excluding hydrogens is 228 g/mol. The molecule has 1 aliphatic heterocycles. The minimum Gasteiger partial charge on any atom is -0.423 e. The number of piperidine rings is 1. The van der Waals surface area contributed by atoms with E-state index in [1.165, 1.54) is 6.42 Å². The van der Waals surface area contributed by atoms with Crippen LogP contribution in [0.15, 0.2) is 28.7 Å². The quantitative estimate of drug-likeness (QED) is 0.903. The number of aliphatic hydroxyl groups is 1. The number of aromatic nitrogens is 1. The maximum absolute atomic E-state index is 9.03. The summed E-state index contributed by atoms with van der Waals surface area (Å²) >= 11 is 0. The molecule has 0 aliphatic carbocycles. The summed E-state index contributed by atoms with van der Waals surface area (Å²) in [5, 5.41) is 9.03. The molecule has 0 bridgehead atoms. The largest absolute Gasteiger partial charge is 0.423 e. The lowest BCUT2D eigenvalue weighted by atomic mass is 9.95. The van der Waals surface area contributed by atoms with Gasteiger partial charge in [0.1, 0.15) is 5.52 Å². The molecule has 96 valence electrons. The number of aliphatic hydroxyl groups excluding tert-OH is 1. The zero-order valence-corrected chi connectivity index (χ0v) is 10.4. The third-order valence-electron chi connectivity index (χ3n) is 3.61. The topological polar surface area (TPSA) is 49.5 Å². The molecule has 0 amide bonds. The Morgan fingerprint density at radius 3 is 3.11 bits per heavy atom.